The quantitative estimate of drug-likeness (QED) is 0.774. The molecule has 2 heterocycles. The van der Waals surface area contributed by atoms with E-state index in [-0.39, 0.29) is 5.82 Å². The van der Waals surface area contributed by atoms with E-state index in [4.69, 9.17) is 0 Å². The molecule has 0 bridgehead atoms. The molecule has 3 nitrogen and oxygen atoms in total. The minimum Gasteiger partial charge on any atom is -0.378 e. The van der Waals surface area contributed by atoms with Gasteiger partial charge in [0.25, 0.3) is 0 Å². The van der Waals surface area contributed by atoms with Gasteiger partial charge in [0.05, 0.1) is 17.9 Å². The van der Waals surface area contributed by atoms with Crippen LogP contribution in [0.2, 0.25) is 0 Å². The Kier molecular flexibility index (Phi) is 3.28. The van der Waals surface area contributed by atoms with E-state index in [2.05, 4.69) is 30.6 Å². The molecule has 0 aliphatic rings. The minimum absolute atomic E-state index is 0.252. The van der Waals surface area contributed by atoms with Gasteiger partial charge in [-0.15, -0.1) is 11.3 Å². The predicted octanol–water partition coefficient (Wildman–Crippen LogP) is 4.22. The molecule has 1 aromatic carbocycles. The number of nitrogens with one attached hydrogen (secondary N) is 1. The first kappa shape index (κ1) is 12.6. The van der Waals surface area contributed by atoms with Gasteiger partial charge in [-0.2, -0.15) is 0 Å². The van der Waals surface area contributed by atoms with Crippen molar-refractivity contribution in [3.05, 3.63) is 51.5 Å². The largest absolute Gasteiger partial charge is 0.378 e. The van der Waals surface area contributed by atoms with E-state index in [1.54, 1.807) is 17.4 Å². The van der Waals surface area contributed by atoms with Gasteiger partial charge < -0.3 is 5.32 Å². The molecule has 0 aliphatic carbocycles. The third kappa shape index (κ3) is 2.37. The highest BCUT2D eigenvalue weighted by molar-refractivity contribution is 9.10. The summed E-state index contributed by atoms with van der Waals surface area (Å²) < 4.78 is 15.8. The van der Waals surface area contributed by atoms with Crippen LogP contribution in [-0.4, -0.2) is 9.38 Å². The summed E-state index contributed by atoms with van der Waals surface area (Å²) >= 11 is 4.96. The van der Waals surface area contributed by atoms with Crippen LogP contribution >= 0.6 is 27.3 Å². The molecular weight excluding hydrogens is 329 g/mol. The van der Waals surface area contributed by atoms with Crippen LogP contribution in [0.25, 0.3) is 4.96 Å². The maximum atomic E-state index is 13.0. The van der Waals surface area contributed by atoms with Crippen LogP contribution in [0.1, 0.15) is 11.4 Å². The molecule has 19 heavy (non-hydrogen) atoms. The molecule has 0 spiro atoms. The third-order valence-corrected chi connectivity index (χ3v) is 4.35. The van der Waals surface area contributed by atoms with Crippen molar-refractivity contribution in [2.75, 3.05) is 5.32 Å². The van der Waals surface area contributed by atoms with Gasteiger partial charge in [0.1, 0.15) is 5.82 Å². The Morgan fingerprint density at radius 3 is 3.11 bits per heavy atom. The van der Waals surface area contributed by atoms with Crippen molar-refractivity contribution >= 4 is 37.9 Å². The Bertz CT molecular complexity index is 735. The lowest BCUT2D eigenvalue weighted by Crippen LogP contribution is -2.04. The first-order valence-corrected chi connectivity index (χ1v) is 7.42. The number of benzene rings is 1. The lowest BCUT2D eigenvalue weighted by Gasteiger charge is -2.08. The zero-order valence-electron chi connectivity index (χ0n) is 10.2. The standard InChI is InChI=1S/C13H11BrFN3S/c1-8-12(18-4-5-19-13(18)17-8)7-16-11-3-2-9(15)6-10(11)14/h2-6,16H,7H2,1H3. The number of hydrogen-bond acceptors (Lipinski definition) is 3. The van der Waals surface area contributed by atoms with Gasteiger partial charge in [-0.05, 0) is 41.1 Å². The average molecular weight is 340 g/mol. The second-order valence-electron chi connectivity index (χ2n) is 4.18. The highest BCUT2D eigenvalue weighted by atomic mass is 79.9. The van der Waals surface area contributed by atoms with Crippen molar-refractivity contribution in [1.29, 1.82) is 0 Å². The van der Waals surface area contributed by atoms with Crippen molar-refractivity contribution in [2.45, 2.75) is 13.5 Å². The number of hydrogen-bond donors (Lipinski definition) is 1. The molecule has 0 saturated heterocycles. The molecule has 0 fully saturated rings. The number of halogens is 2. The summed E-state index contributed by atoms with van der Waals surface area (Å²) in [7, 11) is 0. The Morgan fingerprint density at radius 2 is 2.32 bits per heavy atom. The van der Waals surface area contributed by atoms with Crippen LogP contribution in [0.15, 0.2) is 34.2 Å². The molecule has 0 radical (unpaired) electrons. The van der Waals surface area contributed by atoms with Crippen LogP contribution in [0, 0.1) is 12.7 Å². The van der Waals surface area contributed by atoms with Crippen LogP contribution in [0.4, 0.5) is 10.1 Å². The zero-order valence-corrected chi connectivity index (χ0v) is 12.6. The van der Waals surface area contributed by atoms with E-state index in [0.717, 1.165) is 26.5 Å². The third-order valence-electron chi connectivity index (χ3n) is 2.94. The van der Waals surface area contributed by atoms with Crippen molar-refractivity contribution < 1.29 is 4.39 Å². The number of anilines is 1. The smallest absolute Gasteiger partial charge is 0.194 e. The van der Waals surface area contributed by atoms with Crippen molar-refractivity contribution in [3.63, 3.8) is 0 Å². The number of aryl methyl sites for hydroxylation is 1. The van der Waals surface area contributed by atoms with Gasteiger partial charge in [0, 0.05) is 21.7 Å². The maximum Gasteiger partial charge on any atom is 0.194 e. The van der Waals surface area contributed by atoms with Gasteiger partial charge >= 0.3 is 0 Å². The molecule has 6 heteroatoms. The Labute approximate surface area is 122 Å². The fourth-order valence-electron chi connectivity index (χ4n) is 1.97. The monoisotopic (exact) mass is 339 g/mol. The second-order valence-corrected chi connectivity index (χ2v) is 5.90. The van der Waals surface area contributed by atoms with Crippen LogP contribution < -0.4 is 5.32 Å². The first-order chi connectivity index (χ1) is 9.15. The summed E-state index contributed by atoms with van der Waals surface area (Å²) in [6.07, 6.45) is 2.01. The van der Waals surface area contributed by atoms with Crippen molar-refractivity contribution in [1.82, 2.24) is 9.38 Å². The number of thiazole rings is 1. The molecule has 0 amide bonds. The normalized spacial score (nSPS) is 11.1. The predicted molar refractivity (Wildman–Crippen MR) is 79.2 cm³/mol. The maximum absolute atomic E-state index is 13.0. The molecule has 2 aromatic heterocycles. The summed E-state index contributed by atoms with van der Waals surface area (Å²) in [6, 6.07) is 4.61. The number of imidazole rings is 1. The number of aromatic nitrogens is 2. The van der Waals surface area contributed by atoms with Gasteiger partial charge in [-0.3, -0.25) is 4.40 Å². The summed E-state index contributed by atoms with van der Waals surface area (Å²) in [4.78, 5) is 5.48. The molecule has 1 N–H and O–H groups in total. The first-order valence-electron chi connectivity index (χ1n) is 5.75. The Balaban J connectivity index is 1.85. The number of rotatable bonds is 3. The number of nitrogens with zero attached hydrogens (tertiary/aromatic N) is 2. The zero-order chi connectivity index (χ0) is 13.4. The van der Waals surface area contributed by atoms with Gasteiger partial charge in [-0.25, -0.2) is 9.37 Å². The Morgan fingerprint density at radius 1 is 1.47 bits per heavy atom. The average Bonchev–Trinajstić information content (AvgIpc) is 2.90. The lowest BCUT2D eigenvalue weighted by molar-refractivity contribution is 0.627. The minimum atomic E-state index is -0.252. The highest BCUT2D eigenvalue weighted by Gasteiger charge is 2.10. The van der Waals surface area contributed by atoms with Gasteiger partial charge in [0.2, 0.25) is 0 Å². The molecular formula is C13H11BrFN3S. The van der Waals surface area contributed by atoms with Gasteiger partial charge in [-0.1, -0.05) is 0 Å². The molecule has 0 aliphatic heterocycles. The van der Waals surface area contributed by atoms with Crippen LogP contribution in [0.5, 0.6) is 0 Å². The van der Waals surface area contributed by atoms with Gasteiger partial charge in [0.15, 0.2) is 4.96 Å². The van der Waals surface area contributed by atoms with E-state index >= 15 is 0 Å². The summed E-state index contributed by atoms with van der Waals surface area (Å²) in [5, 5.41) is 5.31. The lowest BCUT2D eigenvalue weighted by atomic mass is 10.3. The molecule has 0 saturated carbocycles. The van der Waals surface area contributed by atoms with Crippen LogP contribution in [0.3, 0.4) is 0 Å². The van der Waals surface area contributed by atoms with Crippen LogP contribution in [-0.2, 0) is 6.54 Å². The fourth-order valence-corrected chi connectivity index (χ4v) is 3.24. The SMILES string of the molecule is Cc1nc2sccn2c1CNc1ccc(F)cc1Br. The topological polar surface area (TPSA) is 29.3 Å². The summed E-state index contributed by atoms with van der Waals surface area (Å²) in [6.45, 7) is 2.64. The number of fused-ring (bicyclic) bond motifs is 1. The molecule has 3 aromatic rings. The van der Waals surface area contributed by atoms with E-state index in [0.29, 0.717) is 6.54 Å². The highest BCUT2D eigenvalue weighted by Crippen LogP contribution is 2.24. The van der Waals surface area contributed by atoms with E-state index in [1.807, 2.05) is 18.5 Å². The second kappa shape index (κ2) is 4.94. The van der Waals surface area contributed by atoms with E-state index in [9.17, 15) is 4.39 Å². The molecule has 98 valence electrons. The van der Waals surface area contributed by atoms with E-state index in [1.165, 1.54) is 12.1 Å². The summed E-state index contributed by atoms with van der Waals surface area (Å²) in [5.74, 6) is -0.252. The fraction of sp³-hybridized carbons (Fsp3) is 0.154. The van der Waals surface area contributed by atoms with Crippen molar-refractivity contribution in [3.8, 4) is 0 Å². The summed E-state index contributed by atoms with van der Waals surface area (Å²) in [5.41, 5.74) is 3.00. The molecule has 3 rings (SSSR count). The van der Waals surface area contributed by atoms with Crippen molar-refractivity contribution in [2.24, 2.45) is 0 Å². The van der Waals surface area contributed by atoms with E-state index < -0.39 is 0 Å². The molecule has 0 atom stereocenters. The molecule has 0 unspecified atom stereocenters. The Hall–Kier alpha value is -1.40.